The van der Waals surface area contributed by atoms with Gasteiger partial charge in [-0.15, -0.1) is 0 Å². The molecule has 0 radical (unpaired) electrons. The van der Waals surface area contributed by atoms with Crippen molar-refractivity contribution in [2.75, 3.05) is 20.2 Å². The summed E-state index contributed by atoms with van der Waals surface area (Å²) in [5, 5.41) is 8.43. The molecular weight excluding hydrogens is 228 g/mol. The van der Waals surface area contributed by atoms with E-state index in [9.17, 15) is 4.79 Å². The Morgan fingerprint density at radius 1 is 1.39 bits per heavy atom. The standard InChI is InChI=1S/C14H18N2O2/c1-16(11-6-10-15)14(17)9-5-12-18-13-7-3-2-4-8-13/h2-4,7-8H,5-6,9,11-12H2,1H3. The first-order valence-electron chi connectivity index (χ1n) is 6.03. The summed E-state index contributed by atoms with van der Waals surface area (Å²) in [5.41, 5.74) is 0. The minimum atomic E-state index is 0.0573. The second kappa shape index (κ2) is 8.13. The van der Waals surface area contributed by atoms with Crippen LogP contribution in [0.4, 0.5) is 0 Å². The van der Waals surface area contributed by atoms with Crippen molar-refractivity contribution in [2.45, 2.75) is 19.3 Å². The molecule has 1 aromatic carbocycles. The van der Waals surface area contributed by atoms with Crippen molar-refractivity contribution in [1.29, 1.82) is 5.26 Å². The lowest BCUT2D eigenvalue weighted by Crippen LogP contribution is -2.27. The van der Waals surface area contributed by atoms with Crippen LogP contribution < -0.4 is 4.74 Å². The van der Waals surface area contributed by atoms with Crippen molar-refractivity contribution in [3.8, 4) is 11.8 Å². The van der Waals surface area contributed by atoms with Crippen molar-refractivity contribution >= 4 is 5.91 Å². The van der Waals surface area contributed by atoms with Gasteiger partial charge >= 0.3 is 0 Å². The molecule has 0 N–H and O–H groups in total. The van der Waals surface area contributed by atoms with E-state index >= 15 is 0 Å². The first-order chi connectivity index (χ1) is 8.74. The van der Waals surface area contributed by atoms with E-state index in [1.807, 2.05) is 36.4 Å². The molecule has 0 atom stereocenters. The second-order valence-electron chi connectivity index (χ2n) is 3.99. The molecule has 1 rings (SSSR count). The first-order valence-corrected chi connectivity index (χ1v) is 6.03. The van der Waals surface area contributed by atoms with Gasteiger partial charge < -0.3 is 9.64 Å². The van der Waals surface area contributed by atoms with E-state index in [2.05, 4.69) is 0 Å². The number of amides is 1. The van der Waals surface area contributed by atoms with Crippen molar-refractivity contribution in [3.63, 3.8) is 0 Å². The molecule has 0 unspecified atom stereocenters. The summed E-state index contributed by atoms with van der Waals surface area (Å²) in [7, 11) is 1.72. The van der Waals surface area contributed by atoms with E-state index < -0.39 is 0 Å². The summed E-state index contributed by atoms with van der Waals surface area (Å²) in [6, 6.07) is 11.6. The Hall–Kier alpha value is -2.02. The Labute approximate surface area is 108 Å². The van der Waals surface area contributed by atoms with E-state index in [4.69, 9.17) is 10.00 Å². The largest absolute Gasteiger partial charge is 0.494 e. The molecule has 1 amide bonds. The van der Waals surface area contributed by atoms with Gasteiger partial charge in [0, 0.05) is 20.0 Å². The van der Waals surface area contributed by atoms with Crippen LogP contribution >= 0.6 is 0 Å². The monoisotopic (exact) mass is 246 g/mol. The molecule has 0 saturated heterocycles. The van der Waals surface area contributed by atoms with Gasteiger partial charge in [-0.1, -0.05) is 18.2 Å². The summed E-state index contributed by atoms with van der Waals surface area (Å²) < 4.78 is 5.49. The van der Waals surface area contributed by atoms with Crippen LogP contribution in [0.2, 0.25) is 0 Å². The first kappa shape index (κ1) is 14.0. The summed E-state index contributed by atoms with van der Waals surface area (Å²) >= 11 is 0. The Kier molecular flexibility index (Phi) is 6.34. The zero-order chi connectivity index (χ0) is 13.2. The molecule has 96 valence electrons. The summed E-state index contributed by atoms with van der Waals surface area (Å²) in [6.07, 6.45) is 1.52. The van der Waals surface area contributed by atoms with E-state index in [1.54, 1.807) is 11.9 Å². The number of nitrogens with zero attached hydrogens (tertiary/aromatic N) is 2. The number of benzene rings is 1. The van der Waals surface area contributed by atoms with Crippen LogP contribution in [0, 0.1) is 11.3 Å². The molecule has 18 heavy (non-hydrogen) atoms. The lowest BCUT2D eigenvalue weighted by Gasteiger charge is -2.15. The fourth-order valence-electron chi connectivity index (χ4n) is 1.46. The number of carbonyl (C=O) groups is 1. The van der Waals surface area contributed by atoms with Crippen LogP contribution in [-0.2, 0) is 4.79 Å². The minimum Gasteiger partial charge on any atom is -0.494 e. The smallest absolute Gasteiger partial charge is 0.222 e. The van der Waals surface area contributed by atoms with Gasteiger partial charge in [-0.3, -0.25) is 4.79 Å². The number of nitriles is 1. The highest BCUT2D eigenvalue weighted by Crippen LogP contribution is 2.09. The van der Waals surface area contributed by atoms with Crippen molar-refractivity contribution < 1.29 is 9.53 Å². The maximum absolute atomic E-state index is 11.6. The Bertz CT molecular complexity index is 398. The molecule has 0 saturated carbocycles. The SMILES string of the molecule is CN(CCC#N)C(=O)CCCOc1ccccc1. The Morgan fingerprint density at radius 3 is 2.78 bits per heavy atom. The van der Waals surface area contributed by atoms with Crippen LogP contribution in [-0.4, -0.2) is 31.0 Å². The Balaban J connectivity index is 2.14. The van der Waals surface area contributed by atoms with Crippen molar-refractivity contribution in [3.05, 3.63) is 30.3 Å². The Morgan fingerprint density at radius 2 is 2.11 bits per heavy atom. The molecule has 0 bridgehead atoms. The van der Waals surface area contributed by atoms with E-state index in [0.717, 1.165) is 5.75 Å². The highest BCUT2D eigenvalue weighted by atomic mass is 16.5. The van der Waals surface area contributed by atoms with Crippen LogP contribution in [0.15, 0.2) is 30.3 Å². The third kappa shape index (κ3) is 5.35. The molecule has 1 aromatic rings. The lowest BCUT2D eigenvalue weighted by molar-refractivity contribution is -0.130. The molecule has 0 fully saturated rings. The summed E-state index contributed by atoms with van der Waals surface area (Å²) in [6.45, 7) is 1.02. The number of hydrogen-bond acceptors (Lipinski definition) is 3. The topological polar surface area (TPSA) is 53.3 Å². The van der Waals surface area contributed by atoms with Gasteiger partial charge in [-0.05, 0) is 18.6 Å². The molecule has 4 heteroatoms. The van der Waals surface area contributed by atoms with E-state index in [1.165, 1.54) is 0 Å². The third-order valence-corrected chi connectivity index (χ3v) is 2.53. The molecule has 0 aromatic heterocycles. The van der Waals surface area contributed by atoms with E-state index in [-0.39, 0.29) is 5.91 Å². The quantitative estimate of drug-likeness (QED) is 0.693. The summed E-state index contributed by atoms with van der Waals surface area (Å²) in [5.74, 6) is 0.879. The number of rotatable bonds is 7. The lowest BCUT2D eigenvalue weighted by atomic mass is 10.3. The summed E-state index contributed by atoms with van der Waals surface area (Å²) in [4.78, 5) is 13.2. The van der Waals surface area contributed by atoms with Gasteiger partial charge in [0.25, 0.3) is 0 Å². The van der Waals surface area contributed by atoms with E-state index in [0.29, 0.717) is 32.4 Å². The normalized spacial score (nSPS) is 9.56. The molecule has 0 aliphatic carbocycles. The van der Waals surface area contributed by atoms with Gasteiger partial charge in [0.05, 0.1) is 19.1 Å². The van der Waals surface area contributed by atoms with Gasteiger partial charge in [-0.2, -0.15) is 5.26 Å². The molecular formula is C14H18N2O2. The maximum Gasteiger partial charge on any atom is 0.222 e. The number of hydrogen-bond donors (Lipinski definition) is 0. The van der Waals surface area contributed by atoms with Crippen LogP contribution in [0.25, 0.3) is 0 Å². The highest BCUT2D eigenvalue weighted by molar-refractivity contribution is 5.75. The fraction of sp³-hybridized carbons (Fsp3) is 0.429. The maximum atomic E-state index is 11.6. The molecule has 0 aliphatic heterocycles. The van der Waals surface area contributed by atoms with Crippen LogP contribution in [0.3, 0.4) is 0 Å². The van der Waals surface area contributed by atoms with Crippen LogP contribution in [0.5, 0.6) is 5.75 Å². The number of carbonyl (C=O) groups excluding carboxylic acids is 1. The average Bonchev–Trinajstić information content (AvgIpc) is 2.41. The molecule has 0 aliphatic rings. The number of ether oxygens (including phenoxy) is 1. The highest BCUT2D eigenvalue weighted by Gasteiger charge is 2.07. The van der Waals surface area contributed by atoms with Crippen LogP contribution in [0.1, 0.15) is 19.3 Å². The third-order valence-electron chi connectivity index (χ3n) is 2.53. The van der Waals surface area contributed by atoms with Crippen molar-refractivity contribution in [2.24, 2.45) is 0 Å². The van der Waals surface area contributed by atoms with Gasteiger partial charge in [0.15, 0.2) is 0 Å². The zero-order valence-electron chi connectivity index (χ0n) is 10.6. The fourth-order valence-corrected chi connectivity index (χ4v) is 1.46. The molecule has 0 heterocycles. The predicted octanol–water partition coefficient (Wildman–Crippen LogP) is 2.22. The predicted molar refractivity (Wildman–Crippen MR) is 69.0 cm³/mol. The van der Waals surface area contributed by atoms with Gasteiger partial charge in [0.1, 0.15) is 5.75 Å². The second-order valence-corrected chi connectivity index (χ2v) is 3.99. The number of para-hydroxylation sites is 1. The van der Waals surface area contributed by atoms with Gasteiger partial charge in [0.2, 0.25) is 5.91 Å². The molecule has 0 spiro atoms. The van der Waals surface area contributed by atoms with Crippen molar-refractivity contribution in [1.82, 2.24) is 4.90 Å². The minimum absolute atomic E-state index is 0.0573. The van der Waals surface area contributed by atoms with Gasteiger partial charge in [-0.25, -0.2) is 0 Å². The molecule has 4 nitrogen and oxygen atoms in total. The average molecular weight is 246 g/mol. The zero-order valence-corrected chi connectivity index (χ0v) is 10.6.